The molecule has 0 aromatic carbocycles. The van der Waals surface area contributed by atoms with Crippen LogP contribution >= 0.6 is 0 Å². The van der Waals surface area contributed by atoms with Crippen LogP contribution in [0.5, 0.6) is 0 Å². The molecule has 0 amide bonds. The lowest BCUT2D eigenvalue weighted by Crippen LogP contribution is -2.50. The molecule has 2 aliphatic carbocycles. The Morgan fingerprint density at radius 2 is 2.25 bits per heavy atom. The lowest BCUT2D eigenvalue weighted by Gasteiger charge is -2.53. The van der Waals surface area contributed by atoms with Crippen LogP contribution in [0.15, 0.2) is 16.7 Å². The molecule has 1 saturated carbocycles. The van der Waals surface area contributed by atoms with Crippen molar-refractivity contribution in [1.29, 1.82) is 0 Å². The van der Waals surface area contributed by atoms with E-state index in [9.17, 15) is 4.79 Å². The molecule has 0 bridgehead atoms. The summed E-state index contributed by atoms with van der Waals surface area (Å²) in [6.07, 6.45) is 7.56. The molecule has 1 aromatic heterocycles. The van der Waals surface area contributed by atoms with Crippen LogP contribution in [0.1, 0.15) is 57.8 Å². The summed E-state index contributed by atoms with van der Waals surface area (Å²) in [6.45, 7) is 6.66. The van der Waals surface area contributed by atoms with Crippen LogP contribution in [-0.4, -0.2) is 12.6 Å². The van der Waals surface area contributed by atoms with Crippen molar-refractivity contribution in [3.8, 4) is 0 Å². The normalized spacial score (nSPS) is 36.0. The average molecular weight is 276 g/mol. The molecule has 110 valence electrons. The van der Waals surface area contributed by atoms with Crippen LogP contribution in [0, 0.1) is 11.3 Å². The first-order chi connectivity index (χ1) is 9.46. The lowest BCUT2D eigenvalue weighted by molar-refractivity contribution is -0.148. The minimum absolute atomic E-state index is 0.0726. The number of ether oxygens (including phenoxy) is 1. The molecule has 1 fully saturated rings. The number of aryl methyl sites for hydroxylation is 1. The molecule has 0 saturated heterocycles. The maximum atomic E-state index is 11.2. The fourth-order valence-corrected chi connectivity index (χ4v) is 4.69. The summed E-state index contributed by atoms with van der Waals surface area (Å²) < 4.78 is 11.2. The molecule has 3 heteroatoms. The standard InChI is InChI=1S/C17H24O3/c1-12(18)20-11-16(2)8-4-9-17(3)14(16)6-5-13-7-10-19-15(13)17/h7,10,14H,4-6,8-9,11H2,1-3H3/t14-,16+,17-/m1/s1. The van der Waals surface area contributed by atoms with E-state index in [1.54, 1.807) is 0 Å². The Labute approximate surface area is 120 Å². The summed E-state index contributed by atoms with van der Waals surface area (Å²) >= 11 is 0. The first-order valence-electron chi connectivity index (χ1n) is 7.66. The van der Waals surface area contributed by atoms with E-state index in [4.69, 9.17) is 9.15 Å². The molecule has 1 aromatic rings. The van der Waals surface area contributed by atoms with Crippen LogP contribution in [0.3, 0.4) is 0 Å². The van der Waals surface area contributed by atoms with Crippen molar-refractivity contribution in [3.05, 3.63) is 23.7 Å². The first kappa shape index (κ1) is 13.7. The molecule has 0 unspecified atom stereocenters. The number of fused-ring (bicyclic) bond motifs is 3. The molecule has 20 heavy (non-hydrogen) atoms. The Hall–Kier alpha value is -1.25. The highest BCUT2D eigenvalue weighted by atomic mass is 16.5. The van der Waals surface area contributed by atoms with Gasteiger partial charge in [-0.05, 0) is 43.2 Å². The van der Waals surface area contributed by atoms with Crippen LogP contribution in [-0.2, 0) is 21.4 Å². The Morgan fingerprint density at radius 1 is 1.45 bits per heavy atom. The fraction of sp³-hybridized carbons (Fsp3) is 0.706. The molecule has 3 nitrogen and oxygen atoms in total. The van der Waals surface area contributed by atoms with E-state index in [0.29, 0.717) is 12.5 Å². The number of esters is 1. The maximum absolute atomic E-state index is 11.2. The van der Waals surface area contributed by atoms with Gasteiger partial charge < -0.3 is 9.15 Å². The monoisotopic (exact) mass is 276 g/mol. The summed E-state index contributed by atoms with van der Waals surface area (Å²) in [4.78, 5) is 11.2. The molecule has 3 atom stereocenters. The Morgan fingerprint density at radius 3 is 3.00 bits per heavy atom. The summed E-state index contributed by atoms with van der Waals surface area (Å²) in [5.41, 5.74) is 1.55. The third kappa shape index (κ3) is 1.99. The molecular weight excluding hydrogens is 252 g/mol. The SMILES string of the molecule is CC(=O)OC[C@]1(C)CCC[C@@]2(C)c3occc3CC[C@H]12. The zero-order chi connectivity index (χ0) is 14.4. The molecule has 1 heterocycles. The van der Waals surface area contributed by atoms with Gasteiger partial charge in [-0.15, -0.1) is 0 Å². The second kappa shape index (κ2) is 4.64. The van der Waals surface area contributed by atoms with E-state index in [2.05, 4.69) is 19.9 Å². The van der Waals surface area contributed by atoms with Crippen molar-refractivity contribution in [2.45, 2.75) is 58.3 Å². The highest BCUT2D eigenvalue weighted by Gasteiger charge is 2.53. The first-order valence-corrected chi connectivity index (χ1v) is 7.66. The number of furan rings is 1. The number of carbonyl (C=O) groups is 1. The van der Waals surface area contributed by atoms with Gasteiger partial charge in [0.1, 0.15) is 5.76 Å². The predicted octanol–water partition coefficient (Wildman–Crippen LogP) is 3.85. The Balaban J connectivity index is 1.92. The quantitative estimate of drug-likeness (QED) is 0.770. The van der Waals surface area contributed by atoms with Gasteiger partial charge in [0.05, 0.1) is 12.9 Å². The van der Waals surface area contributed by atoms with Gasteiger partial charge in [-0.25, -0.2) is 0 Å². The van der Waals surface area contributed by atoms with E-state index in [-0.39, 0.29) is 16.8 Å². The van der Waals surface area contributed by atoms with Gasteiger partial charge in [0.15, 0.2) is 0 Å². The lowest BCUT2D eigenvalue weighted by atomic mass is 9.51. The van der Waals surface area contributed by atoms with Gasteiger partial charge in [0.25, 0.3) is 0 Å². The molecule has 3 rings (SSSR count). The van der Waals surface area contributed by atoms with E-state index in [0.717, 1.165) is 12.8 Å². The maximum Gasteiger partial charge on any atom is 0.302 e. The smallest absolute Gasteiger partial charge is 0.302 e. The zero-order valence-corrected chi connectivity index (χ0v) is 12.7. The van der Waals surface area contributed by atoms with Crippen LogP contribution in [0.4, 0.5) is 0 Å². The van der Waals surface area contributed by atoms with Gasteiger partial charge in [-0.2, -0.15) is 0 Å². The molecule has 0 aliphatic heterocycles. The van der Waals surface area contributed by atoms with Crippen molar-refractivity contribution in [1.82, 2.24) is 0 Å². The van der Waals surface area contributed by atoms with Crippen LogP contribution in [0.2, 0.25) is 0 Å². The van der Waals surface area contributed by atoms with E-state index in [1.165, 1.54) is 37.5 Å². The highest BCUT2D eigenvalue weighted by Crippen LogP contribution is 2.57. The largest absolute Gasteiger partial charge is 0.468 e. The summed E-state index contributed by atoms with van der Waals surface area (Å²) in [7, 11) is 0. The predicted molar refractivity (Wildman–Crippen MR) is 76.5 cm³/mol. The number of hydrogen-bond acceptors (Lipinski definition) is 3. The average Bonchev–Trinajstić information content (AvgIpc) is 2.86. The minimum Gasteiger partial charge on any atom is -0.468 e. The molecule has 0 radical (unpaired) electrons. The summed E-state index contributed by atoms with van der Waals surface area (Å²) in [5, 5.41) is 0. The second-order valence-corrected chi connectivity index (χ2v) is 7.07. The Kier molecular flexibility index (Phi) is 3.19. The highest BCUT2D eigenvalue weighted by molar-refractivity contribution is 5.65. The van der Waals surface area contributed by atoms with Crippen LogP contribution in [0.25, 0.3) is 0 Å². The fourth-order valence-electron chi connectivity index (χ4n) is 4.69. The van der Waals surface area contributed by atoms with Crippen molar-refractivity contribution in [3.63, 3.8) is 0 Å². The van der Waals surface area contributed by atoms with Gasteiger partial charge in [0.2, 0.25) is 0 Å². The van der Waals surface area contributed by atoms with Gasteiger partial charge in [0, 0.05) is 17.8 Å². The van der Waals surface area contributed by atoms with E-state index >= 15 is 0 Å². The molecule has 2 aliphatic rings. The van der Waals surface area contributed by atoms with Gasteiger partial charge in [-0.3, -0.25) is 4.79 Å². The Bertz CT molecular complexity index is 518. The van der Waals surface area contributed by atoms with Crippen molar-refractivity contribution in [2.75, 3.05) is 6.61 Å². The molecular formula is C17H24O3. The third-order valence-electron chi connectivity index (χ3n) is 5.63. The second-order valence-electron chi connectivity index (χ2n) is 7.07. The van der Waals surface area contributed by atoms with Gasteiger partial charge in [-0.1, -0.05) is 20.3 Å². The minimum atomic E-state index is -0.173. The summed E-state index contributed by atoms with van der Waals surface area (Å²) in [6, 6.07) is 2.12. The van der Waals surface area contributed by atoms with Crippen LogP contribution < -0.4 is 0 Å². The van der Waals surface area contributed by atoms with E-state index in [1.807, 2.05) is 6.26 Å². The zero-order valence-electron chi connectivity index (χ0n) is 12.7. The third-order valence-corrected chi connectivity index (χ3v) is 5.63. The molecule has 0 N–H and O–H groups in total. The molecule has 0 spiro atoms. The van der Waals surface area contributed by atoms with E-state index < -0.39 is 0 Å². The van der Waals surface area contributed by atoms with Crippen molar-refractivity contribution >= 4 is 5.97 Å². The number of carbonyl (C=O) groups excluding carboxylic acids is 1. The number of hydrogen-bond donors (Lipinski definition) is 0. The number of rotatable bonds is 2. The topological polar surface area (TPSA) is 39.4 Å². The summed E-state index contributed by atoms with van der Waals surface area (Å²) in [5.74, 6) is 1.54. The van der Waals surface area contributed by atoms with Crippen molar-refractivity contribution < 1.29 is 13.9 Å². The van der Waals surface area contributed by atoms with Gasteiger partial charge >= 0.3 is 5.97 Å². The van der Waals surface area contributed by atoms with Crippen molar-refractivity contribution in [2.24, 2.45) is 11.3 Å².